The number of para-hydroxylation sites is 1. The van der Waals surface area contributed by atoms with Crippen molar-refractivity contribution in [3.05, 3.63) is 102 Å². The molecule has 29 heavy (non-hydrogen) atoms. The largest absolute Gasteiger partial charge is 0.453 e. The molecule has 0 radical (unpaired) electrons. The summed E-state index contributed by atoms with van der Waals surface area (Å²) in [7, 11) is 0. The molecule has 0 aromatic heterocycles. The van der Waals surface area contributed by atoms with Crippen molar-refractivity contribution in [1.82, 2.24) is 0 Å². The third kappa shape index (κ3) is 3.52. The summed E-state index contributed by atoms with van der Waals surface area (Å²) in [5, 5.41) is 11.4. The fraction of sp³-hybridized carbons (Fsp3) is 0.167. The Balaban J connectivity index is 1.55. The van der Waals surface area contributed by atoms with Crippen LogP contribution in [0.4, 0.5) is 5.69 Å². The number of benzene rings is 3. The quantitative estimate of drug-likeness (QED) is 0.684. The molecule has 146 valence electrons. The Morgan fingerprint density at radius 1 is 0.862 bits per heavy atom. The van der Waals surface area contributed by atoms with E-state index < -0.39 is 18.2 Å². The second-order valence-corrected chi connectivity index (χ2v) is 6.94. The first-order valence-electron chi connectivity index (χ1n) is 9.49. The Kier molecular flexibility index (Phi) is 5.14. The third-order valence-corrected chi connectivity index (χ3v) is 5.19. The van der Waals surface area contributed by atoms with E-state index in [1.54, 1.807) is 65.6 Å². The van der Waals surface area contributed by atoms with Crippen LogP contribution in [0, 0.1) is 0 Å². The molecule has 0 fully saturated rings. The summed E-state index contributed by atoms with van der Waals surface area (Å²) in [6, 6.07) is 24.9. The lowest BCUT2D eigenvalue weighted by Gasteiger charge is -2.27. The maximum Gasteiger partial charge on any atom is 0.348 e. The number of carbonyl (C=O) groups is 2. The SMILES string of the molecule is O=C(COC(=O)C(O)(c1ccccc1)c1ccccc1)N1CCc2ccccc21. The number of nitrogens with zero attached hydrogens (tertiary/aromatic N) is 1. The maximum absolute atomic E-state index is 13.0. The van der Waals surface area contributed by atoms with Gasteiger partial charge in [-0.1, -0.05) is 78.9 Å². The van der Waals surface area contributed by atoms with Crippen LogP contribution in [0.25, 0.3) is 0 Å². The van der Waals surface area contributed by atoms with E-state index in [1.807, 2.05) is 24.3 Å². The molecule has 3 aromatic rings. The van der Waals surface area contributed by atoms with Crippen molar-refractivity contribution < 1.29 is 19.4 Å². The van der Waals surface area contributed by atoms with Gasteiger partial charge in [0.15, 0.2) is 6.61 Å². The summed E-state index contributed by atoms with van der Waals surface area (Å²) >= 11 is 0. The molecule has 0 unspecified atom stereocenters. The minimum absolute atomic E-state index is 0.313. The highest BCUT2D eigenvalue weighted by Crippen LogP contribution is 2.31. The predicted molar refractivity (Wildman–Crippen MR) is 109 cm³/mol. The normalized spacial score (nSPS) is 13.1. The monoisotopic (exact) mass is 387 g/mol. The summed E-state index contributed by atoms with van der Waals surface area (Å²) in [6.07, 6.45) is 0.772. The van der Waals surface area contributed by atoms with Gasteiger partial charge < -0.3 is 14.7 Å². The number of ether oxygens (including phenoxy) is 1. The highest BCUT2D eigenvalue weighted by atomic mass is 16.6. The predicted octanol–water partition coefficient (Wildman–Crippen LogP) is 3.06. The number of hydrogen-bond donors (Lipinski definition) is 1. The van der Waals surface area contributed by atoms with E-state index in [0.717, 1.165) is 17.7 Å². The smallest absolute Gasteiger partial charge is 0.348 e. The van der Waals surface area contributed by atoms with Gasteiger partial charge in [0.2, 0.25) is 5.60 Å². The molecule has 1 aliphatic rings. The summed E-state index contributed by atoms with van der Waals surface area (Å²) in [4.78, 5) is 27.3. The molecule has 5 heteroatoms. The van der Waals surface area contributed by atoms with Crippen LogP contribution in [-0.4, -0.2) is 30.1 Å². The van der Waals surface area contributed by atoms with Crippen LogP contribution in [0.1, 0.15) is 16.7 Å². The molecule has 0 saturated heterocycles. The lowest BCUT2D eigenvalue weighted by Crippen LogP contribution is -2.41. The van der Waals surface area contributed by atoms with Crippen LogP contribution < -0.4 is 4.90 Å². The maximum atomic E-state index is 13.0. The lowest BCUT2D eigenvalue weighted by molar-refractivity contribution is -0.164. The minimum Gasteiger partial charge on any atom is -0.453 e. The van der Waals surface area contributed by atoms with E-state index in [4.69, 9.17) is 4.74 Å². The number of amides is 1. The number of anilines is 1. The molecule has 1 aliphatic heterocycles. The van der Waals surface area contributed by atoms with Gasteiger partial charge in [0.1, 0.15) is 0 Å². The molecule has 0 aliphatic carbocycles. The molecule has 3 aromatic carbocycles. The number of esters is 1. The van der Waals surface area contributed by atoms with Gasteiger partial charge in [0.05, 0.1) is 0 Å². The van der Waals surface area contributed by atoms with Crippen molar-refractivity contribution in [2.45, 2.75) is 12.0 Å². The van der Waals surface area contributed by atoms with Gasteiger partial charge in [0.25, 0.3) is 5.91 Å². The van der Waals surface area contributed by atoms with Crippen LogP contribution in [0.5, 0.6) is 0 Å². The van der Waals surface area contributed by atoms with Crippen molar-refractivity contribution in [3.63, 3.8) is 0 Å². The van der Waals surface area contributed by atoms with Gasteiger partial charge >= 0.3 is 5.97 Å². The third-order valence-electron chi connectivity index (χ3n) is 5.19. The number of fused-ring (bicyclic) bond motifs is 1. The Labute approximate surface area is 169 Å². The molecule has 1 N–H and O–H groups in total. The first kappa shape index (κ1) is 18.9. The van der Waals surface area contributed by atoms with Gasteiger partial charge in [0, 0.05) is 12.2 Å². The van der Waals surface area contributed by atoms with E-state index >= 15 is 0 Å². The summed E-state index contributed by atoms with van der Waals surface area (Å²) in [5.74, 6) is -1.19. The van der Waals surface area contributed by atoms with E-state index in [1.165, 1.54) is 0 Å². The molecule has 5 nitrogen and oxygen atoms in total. The molecular weight excluding hydrogens is 366 g/mol. The van der Waals surface area contributed by atoms with Crippen LogP contribution in [0.2, 0.25) is 0 Å². The second-order valence-electron chi connectivity index (χ2n) is 6.94. The summed E-state index contributed by atoms with van der Waals surface area (Å²) in [6.45, 7) is 0.118. The Morgan fingerprint density at radius 3 is 2.03 bits per heavy atom. The van der Waals surface area contributed by atoms with Crippen molar-refractivity contribution in [3.8, 4) is 0 Å². The van der Waals surface area contributed by atoms with E-state index in [0.29, 0.717) is 17.7 Å². The first-order valence-corrected chi connectivity index (χ1v) is 9.49. The molecule has 0 atom stereocenters. The van der Waals surface area contributed by atoms with E-state index in [-0.39, 0.29) is 5.91 Å². The Morgan fingerprint density at radius 2 is 1.41 bits per heavy atom. The zero-order valence-corrected chi connectivity index (χ0v) is 15.8. The zero-order valence-electron chi connectivity index (χ0n) is 15.8. The molecule has 1 amide bonds. The molecule has 4 rings (SSSR count). The molecular formula is C24H21NO4. The van der Waals surface area contributed by atoms with Gasteiger partial charge in [-0.25, -0.2) is 4.79 Å². The Bertz CT molecular complexity index is 978. The molecule has 1 heterocycles. The fourth-order valence-corrected chi connectivity index (χ4v) is 3.67. The fourth-order valence-electron chi connectivity index (χ4n) is 3.67. The molecule has 0 saturated carbocycles. The standard InChI is InChI=1S/C24H21NO4/c26-22(25-16-15-18-9-7-8-14-21(18)25)17-29-23(27)24(28,19-10-3-1-4-11-19)20-12-5-2-6-13-20/h1-14,28H,15-17H2. The Hall–Kier alpha value is -3.44. The van der Waals surface area contributed by atoms with Crippen LogP contribution in [0.3, 0.4) is 0 Å². The van der Waals surface area contributed by atoms with Crippen LogP contribution >= 0.6 is 0 Å². The minimum atomic E-state index is -1.99. The van der Waals surface area contributed by atoms with Gasteiger partial charge in [-0.2, -0.15) is 0 Å². The number of carbonyl (C=O) groups excluding carboxylic acids is 2. The number of rotatable bonds is 5. The molecule has 0 spiro atoms. The van der Waals surface area contributed by atoms with Crippen molar-refractivity contribution in [1.29, 1.82) is 0 Å². The van der Waals surface area contributed by atoms with Crippen molar-refractivity contribution in [2.24, 2.45) is 0 Å². The average Bonchev–Trinajstić information content (AvgIpc) is 3.22. The highest BCUT2D eigenvalue weighted by molar-refractivity contribution is 5.97. The first-order chi connectivity index (χ1) is 14.1. The topological polar surface area (TPSA) is 66.8 Å². The highest BCUT2D eigenvalue weighted by Gasteiger charge is 2.42. The average molecular weight is 387 g/mol. The number of hydrogen-bond acceptors (Lipinski definition) is 4. The van der Waals surface area contributed by atoms with Gasteiger partial charge in [-0.3, -0.25) is 4.79 Å². The lowest BCUT2D eigenvalue weighted by atomic mass is 9.86. The number of aliphatic hydroxyl groups is 1. The zero-order chi connectivity index (χ0) is 20.3. The van der Waals surface area contributed by atoms with E-state index in [9.17, 15) is 14.7 Å². The van der Waals surface area contributed by atoms with Gasteiger partial charge in [-0.15, -0.1) is 0 Å². The second kappa shape index (κ2) is 7.89. The van der Waals surface area contributed by atoms with Crippen LogP contribution in [-0.2, 0) is 26.3 Å². The summed E-state index contributed by atoms with van der Waals surface area (Å²) in [5.41, 5.74) is 0.712. The molecule has 0 bridgehead atoms. The van der Waals surface area contributed by atoms with Crippen molar-refractivity contribution in [2.75, 3.05) is 18.1 Å². The van der Waals surface area contributed by atoms with Crippen LogP contribution in [0.15, 0.2) is 84.9 Å². The van der Waals surface area contributed by atoms with Crippen molar-refractivity contribution >= 4 is 17.6 Å². The van der Waals surface area contributed by atoms with Gasteiger partial charge in [-0.05, 0) is 29.2 Å². The van der Waals surface area contributed by atoms with E-state index in [2.05, 4.69) is 0 Å². The summed E-state index contributed by atoms with van der Waals surface area (Å²) < 4.78 is 5.33.